The van der Waals surface area contributed by atoms with Crippen molar-refractivity contribution in [2.45, 2.75) is 11.1 Å². The molecule has 0 fully saturated rings. The minimum Gasteiger partial charge on any atom is -0.461 e. The Labute approximate surface area is 188 Å². The van der Waals surface area contributed by atoms with Crippen LogP contribution in [0.5, 0.6) is 0 Å². The number of nitro groups is 2. The number of nitro benzene ring substituents is 2. The van der Waals surface area contributed by atoms with Crippen LogP contribution < -0.4 is 0 Å². The van der Waals surface area contributed by atoms with Crippen molar-refractivity contribution in [3.63, 3.8) is 0 Å². The first kappa shape index (κ1) is 24.0. The van der Waals surface area contributed by atoms with Crippen LogP contribution in [0.4, 0.5) is 11.4 Å². The highest BCUT2D eigenvalue weighted by Crippen LogP contribution is 2.30. The monoisotopic (exact) mass is 477 g/mol. The lowest BCUT2D eigenvalue weighted by molar-refractivity contribution is -0.387. The Kier molecular flexibility index (Phi) is 7.16. The van der Waals surface area contributed by atoms with Crippen LogP contribution in [-0.2, 0) is 19.5 Å². The fourth-order valence-corrected chi connectivity index (χ4v) is 4.95. The number of benzene rings is 2. The van der Waals surface area contributed by atoms with Crippen LogP contribution in [-0.4, -0.2) is 55.0 Å². The Morgan fingerprint density at radius 1 is 1.06 bits per heavy atom. The van der Waals surface area contributed by atoms with Crippen molar-refractivity contribution in [1.29, 1.82) is 0 Å². The SMILES string of the molecule is COC1C=C[C@@H](COC(=O)c2ccc([N+](=O)[O-])cc2)CN1S(=O)(=O)c1ccccc1[N+](=O)[O-]. The van der Waals surface area contributed by atoms with Gasteiger partial charge in [0.15, 0.2) is 4.90 Å². The largest absolute Gasteiger partial charge is 0.461 e. The van der Waals surface area contributed by atoms with Crippen LogP contribution in [0.25, 0.3) is 0 Å². The van der Waals surface area contributed by atoms with Crippen molar-refractivity contribution >= 4 is 27.4 Å². The molecule has 0 aliphatic carbocycles. The number of ether oxygens (including phenoxy) is 2. The third-order valence-corrected chi connectivity index (χ3v) is 6.75. The van der Waals surface area contributed by atoms with Gasteiger partial charge in [0.1, 0.15) is 6.23 Å². The Balaban J connectivity index is 1.76. The van der Waals surface area contributed by atoms with E-state index in [1.165, 1.54) is 49.6 Å². The van der Waals surface area contributed by atoms with Gasteiger partial charge in [-0.3, -0.25) is 20.2 Å². The number of hydrogen-bond donors (Lipinski definition) is 0. The van der Waals surface area contributed by atoms with E-state index in [1.54, 1.807) is 6.08 Å². The quantitative estimate of drug-likeness (QED) is 0.241. The van der Waals surface area contributed by atoms with Gasteiger partial charge in [0.25, 0.3) is 21.4 Å². The molecule has 0 aromatic heterocycles. The smallest absolute Gasteiger partial charge is 0.338 e. The van der Waals surface area contributed by atoms with Gasteiger partial charge in [-0.2, -0.15) is 4.31 Å². The normalized spacial score (nSPS) is 18.6. The van der Waals surface area contributed by atoms with Gasteiger partial charge in [-0.05, 0) is 24.3 Å². The second-order valence-electron chi connectivity index (χ2n) is 6.97. The topological polar surface area (TPSA) is 159 Å². The maximum absolute atomic E-state index is 13.2. The van der Waals surface area contributed by atoms with Gasteiger partial charge in [-0.1, -0.05) is 18.2 Å². The van der Waals surface area contributed by atoms with Crippen LogP contribution in [0.3, 0.4) is 0 Å². The highest BCUT2D eigenvalue weighted by Gasteiger charge is 2.38. The molecule has 3 rings (SSSR count). The predicted molar refractivity (Wildman–Crippen MR) is 114 cm³/mol. The van der Waals surface area contributed by atoms with Crippen molar-refractivity contribution in [3.05, 3.63) is 86.5 Å². The van der Waals surface area contributed by atoms with E-state index in [2.05, 4.69) is 0 Å². The molecule has 13 heteroatoms. The minimum absolute atomic E-state index is 0.0968. The summed E-state index contributed by atoms with van der Waals surface area (Å²) in [5, 5.41) is 22.0. The van der Waals surface area contributed by atoms with Crippen molar-refractivity contribution in [1.82, 2.24) is 4.31 Å². The first-order chi connectivity index (χ1) is 15.6. The van der Waals surface area contributed by atoms with Gasteiger partial charge in [0, 0.05) is 37.8 Å². The number of para-hydroxylation sites is 1. The average molecular weight is 477 g/mol. The fraction of sp³-hybridized carbons (Fsp3) is 0.250. The molecule has 0 saturated carbocycles. The van der Waals surface area contributed by atoms with Crippen molar-refractivity contribution in [2.75, 3.05) is 20.3 Å². The summed E-state index contributed by atoms with van der Waals surface area (Å²) in [5.41, 5.74) is -0.647. The molecule has 2 atom stereocenters. The van der Waals surface area contributed by atoms with Crippen LogP contribution >= 0.6 is 0 Å². The molecular formula is C20H19N3O9S. The second-order valence-corrected chi connectivity index (χ2v) is 8.83. The second kappa shape index (κ2) is 9.85. The highest BCUT2D eigenvalue weighted by atomic mass is 32.2. The molecule has 1 aliphatic heterocycles. The van der Waals surface area contributed by atoms with E-state index in [4.69, 9.17) is 9.47 Å². The number of esters is 1. The number of hydrogen-bond acceptors (Lipinski definition) is 9. The standard InChI is InChI=1S/C20H19N3O9S/c1-31-19-11-6-14(13-32-20(24)15-7-9-16(10-8-15)22(25)26)12-21(19)33(29,30)18-5-3-2-4-17(18)23(27)28/h2-11,14,19H,12-13H2,1H3/t14-,19?/m1/s1. The first-order valence-electron chi connectivity index (χ1n) is 9.53. The highest BCUT2D eigenvalue weighted by molar-refractivity contribution is 7.89. The number of carbonyl (C=O) groups excluding carboxylic acids is 1. The van der Waals surface area contributed by atoms with E-state index in [0.29, 0.717) is 0 Å². The van der Waals surface area contributed by atoms with Crippen molar-refractivity contribution < 1.29 is 32.5 Å². The van der Waals surface area contributed by atoms with Gasteiger partial charge < -0.3 is 9.47 Å². The summed E-state index contributed by atoms with van der Waals surface area (Å²) in [5.74, 6) is -1.30. The maximum atomic E-state index is 13.2. The van der Waals surface area contributed by atoms with Gasteiger partial charge in [-0.15, -0.1) is 0 Å². The third kappa shape index (κ3) is 5.22. The number of nitrogens with zero attached hydrogens (tertiary/aromatic N) is 3. The van der Waals surface area contributed by atoms with Gasteiger partial charge in [0.05, 0.1) is 22.0 Å². The number of methoxy groups -OCH3 is 1. The molecule has 0 spiro atoms. The molecular weight excluding hydrogens is 458 g/mol. The third-order valence-electron chi connectivity index (χ3n) is 4.88. The summed E-state index contributed by atoms with van der Waals surface area (Å²) < 4.78 is 37.8. The molecule has 0 saturated heterocycles. The van der Waals surface area contributed by atoms with Crippen molar-refractivity contribution in [2.24, 2.45) is 5.92 Å². The van der Waals surface area contributed by atoms with Gasteiger partial charge >= 0.3 is 5.97 Å². The predicted octanol–water partition coefficient (Wildman–Crippen LogP) is 2.51. The Morgan fingerprint density at radius 3 is 2.33 bits per heavy atom. The fourth-order valence-electron chi connectivity index (χ4n) is 3.22. The zero-order valence-corrected chi connectivity index (χ0v) is 18.1. The molecule has 174 valence electrons. The average Bonchev–Trinajstić information content (AvgIpc) is 2.82. The lowest BCUT2D eigenvalue weighted by Gasteiger charge is -2.33. The lowest BCUT2D eigenvalue weighted by Crippen LogP contribution is -2.46. The molecule has 1 aliphatic rings. The molecule has 1 heterocycles. The number of carbonyl (C=O) groups is 1. The van der Waals surface area contributed by atoms with E-state index in [1.807, 2.05) is 0 Å². The van der Waals surface area contributed by atoms with Gasteiger partial charge in [0.2, 0.25) is 0 Å². The van der Waals surface area contributed by atoms with Crippen LogP contribution in [0.1, 0.15) is 10.4 Å². The van der Waals surface area contributed by atoms with E-state index >= 15 is 0 Å². The summed E-state index contributed by atoms with van der Waals surface area (Å²) in [6, 6.07) is 9.82. The number of non-ortho nitro benzene ring substituents is 1. The van der Waals surface area contributed by atoms with E-state index in [9.17, 15) is 33.4 Å². The van der Waals surface area contributed by atoms with Gasteiger partial charge in [-0.25, -0.2) is 13.2 Å². The van der Waals surface area contributed by atoms with E-state index in [-0.39, 0.29) is 24.4 Å². The van der Waals surface area contributed by atoms with E-state index in [0.717, 1.165) is 16.4 Å². The molecule has 0 amide bonds. The number of rotatable bonds is 8. The Bertz CT molecular complexity index is 1200. The maximum Gasteiger partial charge on any atom is 0.338 e. The molecule has 2 aromatic rings. The Hall–Kier alpha value is -3.68. The molecule has 2 aromatic carbocycles. The first-order valence-corrected chi connectivity index (χ1v) is 11.0. The molecule has 1 unspecified atom stereocenters. The zero-order chi connectivity index (χ0) is 24.2. The zero-order valence-electron chi connectivity index (χ0n) is 17.3. The molecule has 12 nitrogen and oxygen atoms in total. The summed E-state index contributed by atoms with van der Waals surface area (Å²) in [6.45, 7) is -0.345. The molecule has 0 N–H and O–H groups in total. The molecule has 0 bridgehead atoms. The van der Waals surface area contributed by atoms with Crippen LogP contribution in [0, 0.1) is 26.1 Å². The summed E-state index contributed by atoms with van der Waals surface area (Å²) >= 11 is 0. The summed E-state index contributed by atoms with van der Waals surface area (Å²) in [4.78, 5) is 32.4. The van der Waals surface area contributed by atoms with Crippen LogP contribution in [0.15, 0.2) is 65.6 Å². The lowest BCUT2D eigenvalue weighted by atomic mass is 10.1. The summed E-state index contributed by atoms with van der Waals surface area (Å²) in [7, 11) is -3.03. The van der Waals surface area contributed by atoms with E-state index < -0.39 is 48.6 Å². The number of sulfonamides is 1. The van der Waals surface area contributed by atoms with Crippen molar-refractivity contribution in [3.8, 4) is 0 Å². The molecule has 0 radical (unpaired) electrons. The molecule has 33 heavy (non-hydrogen) atoms. The minimum atomic E-state index is -4.32. The van der Waals surface area contributed by atoms with Crippen LogP contribution in [0.2, 0.25) is 0 Å². The Morgan fingerprint density at radius 2 is 1.73 bits per heavy atom. The summed E-state index contributed by atoms with van der Waals surface area (Å²) in [6.07, 6.45) is 2.08.